The standard InChI is InChI=1S/C11H11O2/c1-2-4-9-6-11-10(12-7-13-11)5-8(9)3-1/h1-4,7,10-11H,5-6H2. The van der Waals surface area contributed by atoms with E-state index >= 15 is 0 Å². The zero-order valence-electron chi connectivity index (χ0n) is 7.27. The molecule has 1 aliphatic carbocycles. The van der Waals surface area contributed by atoms with E-state index in [1.807, 2.05) is 0 Å². The monoisotopic (exact) mass is 175 g/mol. The first-order valence-electron chi connectivity index (χ1n) is 4.63. The van der Waals surface area contributed by atoms with Crippen molar-refractivity contribution in [3.8, 4) is 0 Å². The van der Waals surface area contributed by atoms with E-state index in [1.54, 1.807) is 0 Å². The zero-order valence-corrected chi connectivity index (χ0v) is 7.27. The summed E-state index contributed by atoms with van der Waals surface area (Å²) in [4.78, 5) is 0. The number of ether oxygens (including phenoxy) is 2. The highest BCUT2D eigenvalue weighted by molar-refractivity contribution is 5.31. The van der Waals surface area contributed by atoms with Gasteiger partial charge >= 0.3 is 0 Å². The first-order valence-corrected chi connectivity index (χ1v) is 4.63. The van der Waals surface area contributed by atoms with Gasteiger partial charge in [0.1, 0.15) is 0 Å². The molecule has 2 atom stereocenters. The minimum Gasteiger partial charge on any atom is -0.342 e. The Labute approximate surface area is 77.5 Å². The number of rotatable bonds is 0. The lowest BCUT2D eigenvalue weighted by Gasteiger charge is -2.24. The summed E-state index contributed by atoms with van der Waals surface area (Å²) >= 11 is 0. The second kappa shape index (κ2) is 2.82. The largest absolute Gasteiger partial charge is 0.342 e. The molecule has 2 nitrogen and oxygen atoms in total. The van der Waals surface area contributed by atoms with Crippen LogP contribution in [0.1, 0.15) is 11.1 Å². The van der Waals surface area contributed by atoms with Crippen molar-refractivity contribution in [3.05, 3.63) is 42.2 Å². The second-order valence-electron chi connectivity index (χ2n) is 3.62. The Balaban J connectivity index is 1.97. The Hall–Kier alpha value is -0.860. The van der Waals surface area contributed by atoms with Crippen LogP contribution in [0.2, 0.25) is 0 Å². The third-order valence-electron chi connectivity index (χ3n) is 2.84. The van der Waals surface area contributed by atoms with Gasteiger partial charge in [0, 0.05) is 12.8 Å². The van der Waals surface area contributed by atoms with Crippen molar-refractivity contribution in [2.75, 3.05) is 0 Å². The molecule has 1 fully saturated rings. The van der Waals surface area contributed by atoms with Gasteiger partial charge in [-0.1, -0.05) is 24.3 Å². The van der Waals surface area contributed by atoms with Crippen molar-refractivity contribution in [2.24, 2.45) is 0 Å². The molecule has 0 N–H and O–H groups in total. The minimum atomic E-state index is 0.245. The molecule has 0 bridgehead atoms. The lowest BCUT2D eigenvalue weighted by atomic mass is 9.88. The van der Waals surface area contributed by atoms with Crippen molar-refractivity contribution in [1.29, 1.82) is 0 Å². The van der Waals surface area contributed by atoms with Gasteiger partial charge in [0.05, 0.1) is 12.2 Å². The summed E-state index contributed by atoms with van der Waals surface area (Å²) < 4.78 is 10.7. The average Bonchev–Trinajstić information content (AvgIpc) is 2.61. The predicted molar refractivity (Wildman–Crippen MR) is 47.9 cm³/mol. The van der Waals surface area contributed by atoms with Crippen molar-refractivity contribution < 1.29 is 9.47 Å². The van der Waals surface area contributed by atoms with Crippen molar-refractivity contribution >= 4 is 0 Å². The zero-order chi connectivity index (χ0) is 8.67. The van der Waals surface area contributed by atoms with Crippen molar-refractivity contribution in [1.82, 2.24) is 0 Å². The van der Waals surface area contributed by atoms with Crippen LogP contribution in [0.15, 0.2) is 24.3 Å². The Morgan fingerprint density at radius 3 is 2.00 bits per heavy atom. The van der Waals surface area contributed by atoms with Crippen molar-refractivity contribution in [3.63, 3.8) is 0 Å². The normalized spacial score (nSPS) is 31.1. The van der Waals surface area contributed by atoms with E-state index in [0.717, 1.165) is 12.8 Å². The summed E-state index contributed by atoms with van der Waals surface area (Å²) in [7, 11) is 0. The Morgan fingerprint density at radius 2 is 1.46 bits per heavy atom. The first-order chi connectivity index (χ1) is 6.43. The Bertz CT molecular complexity index is 291. The molecule has 2 unspecified atom stereocenters. The molecule has 3 rings (SSSR count). The summed E-state index contributed by atoms with van der Waals surface area (Å²) in [6, 6.07) is 8.51. The van der Waals surface area contributed by atoms with Crippen LogP contribution in [0.4, 0.5) is 0 Å². The van der Waals surface area contributed by atoms with Crippen LogP contribution in [0.3, 0.4) is 0 Å². The molecule has 2 heteroatoms. The molecule has 2 aliphatic rings. The quantitative estimate of drug-likeness (QED) is 0.597. The van der Waals surface area contributed by atoms with Gasteiger partial charge in [0.15, 0.2) is 0 Å². The lowest BCUT2D eigenvalue weighted by molar-refractivity contribution is 0.125. The SMILES string of the molecule is [CH]1OC2Cc3ccccc3CC2O1. The number of benzene rings is 1. The summed E-state index contributed by atoms with van der Waals surface area (Å²) in [5.41, 5.74) is 2.81. The fourth-order valence-corrected chi connectivity index (χ4v) is 2.10. The number of hydrogen-bond acceptors (Lipinski definition) is 2. The fraction of sp³-hybridized carbons (Fsp3) is 0.364. The van der Waals surface area contributed by atoms with Gasteiger partial charge in [-0.3, -0.25) is 0 Å². The van der Waals surface area contributed by atoms with E-state index in [0.29, 0.717) is 0 Å². The van der Waals surface area contributed by atoms with Gasteiger partial charge in [-0.2, -0.15) is 0 Å². The highest BCUT2D eigenvalue weighted by Gasteiger charge is 2.34. The Morgan fingerprint density at radius 1 is 0.923 bits per heavy atom. The molecule has 1 heterocycles. The van der Waals surface area contributed by atoms with Gasteiger partial charge in [-0.15, -0.1) is 0 Å². The molecular weight excluding hydrogens is 164 g/mol. The molecular formula is C11H11O2. The summed E-state index contributed by atoms with van der Waals surface area (Å²) in [5, 5.41) is 0. The lowest BCUT2D eigenvalue weighted by Crippen LogP contribution is -2.31. The summed E-state index contributed by atoms with van der Waals surface area (Å²) in [5.74, 6) is 0. The second-order valence-corrected chi connectivity index (χ2v) is 3.62. The first kappa shape index (κ1) is 7.54. The van der Waals surface area contributed by atoms with Gasteiger partial charge in [-0.05, 0) is 11.1 Å². The van der Waals surface area contributed by atoms with Gasteiger partial charge in [-0.25, -0.2) is 0 Å². The molecule has 1 aromatic carbocycles. The topological polar surface area (TPSA) is 18.5 Å². The number of hydrogen-bond donors (Lipinski definition) is 0. The molecule has 0 spiro atoms. The van der Waals surface area contributed by atoms with Gasteiger partial charge in [0.2, 0.25) is 6.79 Å². The molecule has 1 saturated heterocycles. The maximum absolute atomic E-state index is 5.37. The van der Waals surface area contributed by atoms with E-state index in [9.17, 15) is 0 Å². The van der Waals surface area contributed by atoms with Gasteiger partial charge < -0.3 is 9.47 Å². The minimum absolute atomic E-state index is 0.245. The highest BCUT2D eigenvalue weighted by Crippen LogP contribution is 2.29. The molecule has 1 aromatic rings. The van der Waals surface area contributed by atoms with Crippen LogP contribution in [0.25, 0.3) is 0 Å². The molecule has 1 radical (unpaired) electrons. The van der Waals surface area contributed by atoms with Crippen molar-refractivity contribution in [2.45, 2.75) is 25.0 Å². The fourth-order valence-electron chi connectivity index (χ4n) is 2.10. The molecule has 0 amide bonds. The predicted octanol–water partition coefficient (Wildman–Crippen LogP) is 1.69. The van der Waals surface area contributed by atoms with E-state index < -0.39 is 0 Å². The number of fused-ring (bicyclic) bond motifs is 2. The third-order valence-corrected chi connectivity index (χ3v) is 2.84. The van der Waals surface area contributed by atoms with E-state index in [2.05, 4.69) is 24.3 Å². The van der Waals surface area contributed by atoms with Crippen LogP contribution in [-0.4, -0.2) is 12.2 Å². The highest BCUT2D eigenvalue weighted by atomic mass is 16.7. The van der Waals surface area contributed by atoms with E-state index in [-0.39, 0.29) is 12.2 Å². The molecule has 13 heavy (non-hydrogen) atoms. The third kappa shape index (κ3) is 1.18. The summed E-state index contributed by atoms with van der Waals surface area (Å²) in [6.07, 6.45) is 2.46. The van der Waals surface area contributed by atoms with E-state index in [1.165, 1.54) is 17.9 Å². The van der Waals surface area contributed by atoms with Gasteiger partial charge in [0.25, 0.3) is 0 Å². The molecule has 67 valence electrons. The molecule has 0 aromatic heterocycles. The maximum Gasteiger partial charge on any atom is 0.210 e. The van der Waals surface area contributed by atoms with Crippen LogP contribution in [0, 0.1) is 6.79 Å². The maximum atomic E-state index is 5.37. The van der Waals surface area contributed by atoms with Crippen LogP contribution >= 0.6 is 0 Å². The molecule has 1 aliphatic heterocycles. The van der Waals surface area contributed by atoms with E-state index in [4.69, 9.17) is 9.47 Å². The summed E-state index contributed by atoms with van der Waals surface area (Å²) in [6.45, 7) is 1.49. The Kier molecular flexibility index (Phi) is 1.64. The molecule has 0 saturated carbocycles. The van der Waals surface area contributed by atoms with Crippen LogP contribution in [-0.2, 0) is 22.3 Å². The smallest absolute Gasteiger partial charge is 0.210 e. The van der Waals surface area contributed by atoms with Crippen LogP contribution < -0.4 is 0 Å². The average molecular weight is 175 g/mol. The van der Waals surface area contributed by atoms with Crippen LogP contribution in [0.5, 0.6) is 0 Å².